The fourth-order valence-corrected chi connectivity index (χ4v) is 2.64. The zero-order chi connectivity index (χ0) is 17.8. The molecule has 10 heteroatoms. The van der Waals surface area contributed by atoms with E-state index in [0.29, 0.717) is 5.69 Å². The maximum absolute atomic E-state index is 13.5. The summed E-state index contributed by atoms with van der Waals surface area (Å²) in [6.07, 6.45) is 0. The Morgan fingerprint density at radius 3 is 2.72 bits per heavy atom. The first-order valence-corrected chi connectivity index (χ1v) is 7.93. The average Bonchev–Trinajstić information content (AvgIpc) is 3.05. The molecule has 0 unspecified atom stereocenters. The summed E-state index contributed by atoms with van der Waals surface area (Å²) in [5.41, 5.74) is 0.138. The van der Waals surface area contributed by atoms with Gasteiger partial charge >= 0.3 is 0 Å². The van der Waals surface area contributed by atoms with Gasteiger partial charge in [0, 0.05) is 6.07 Å². The zero-order valence-electron chi connectivity index (χ0n) is 12.5. The molecule has 1 heterocycles. The van der Waals surface area contributed by atoms with Gasteiger partial charge in [-0.05, 0) is 40.8 Å². The van der Waals surface area contributed by atoms with E-state index < -0.39 is 23.4 Å². The number of aromatic nitrogens is 4. The van der Waals surface area contributed by atoms with Gasteiger partial charge in [-0.1, -0.05) is 17.8 Å². The van der Waals surface area contributed by atoms with E-state index in [9.17, 15) is 18.0 Å². The Labute approximate surface area is 144 Å². The summed E-state index contributed by atoms with van der Waals surface area (Å²) >= 11 is 0.968. The molecule has 128 valence electrons. The van der Waals surface area contributed by atoms with Crippen LogP contribution in [-0.4, -0.2) is 31.9 Å². The standard InChI is InChI=1S/C15H10F3N5OS/c16-9-2-1-3-11(6-9)23-15(20-21-22-23)25-8-14(24)19-13-7-10(17)4-5-12(13)18/h1-7H,8H2,(H,19,24). The fourth-order valence-electron chi connectivity index (χ4n) is 1.95. The minimum absolute atomic E-state index is 0.147. The molecule has 2 aromatic carbocycles. The van der Waals surface area contributed by atoms with Gasteiger partial charge in [-0.2, -0.15) is 4.68 Å². The molecule has 3 rings (SSSR count). The van der Waals surface area contributed by atoms with Crippen molar-refractivity contribution in [1.82, 2.24) is 20.2 Å². The number of tetrazole rings is 1. The van der Waals surface area contributed by atoms with Gasteiger partial charge in [0.25, 0.3) is 0 Å². The first-order valence-electron chi connectivity index (χ1n) is 6.95. The van der Waals surface area contributed by atoms with E-state index in [0.717, 1.165) is 30.0 Å². The van der Waals surface area contributed by atoms with Crippen LogP contribution in [0.2, 0.25) is 0 Å². The lowest BCUT2D eigenvalue weighted by molar-refractivity contribution is -0.113. The Morgan fingerprint density at radius 1 is 1.12 bits per heavy atom. The highest BCUT2D eigenvalue weighted by molar-refractivity contribution is 7.99. The summed E-state index contributed by atoms with van der Waals surface area (Å²) < 4.78 is 41.2. The molecule has 0 aliphatic heterocycles. The second kappa shape index (κ2) is 7.34. The third-order valence-corrected chi connectivity index (χ3v) is 3.95. The lowest BCUT2D eigenvalue weighted by Gasteiger charge is -2.07. The molecule has 0 spiro atoms. The molecule has 25 heavy (non-hydrogen) atoms. The van der Waals surface area contributed by atoms with E-state index in [1.165, 1.54) is 22.9 Å². The molecule has 0 radical (unpaired) electrons. The summed E-state index contributed by atoms with van der Waals surface area (Å²) in [5, 5.41) is 13.5. The van der Waals surface area contributed by atoms with E-state index in [4.69, 9.17) is 0 Å². The summed E-state index contributed by atoms with van der Waals surface area (Å²) in [6.45, 7) is 0. The number of halogens is 3. The number of thioether (sulfide) groups is 1. The van der Waals surface area contributed by atoms with Gasteiger partial charge < -0.3 is 5.32 Å². The molecule has 0 bridgehead atoms. The molecule has 0 saturated carbocycles. The van der Waals surface area contributed by atoms with E-state index >= 15 is 0 Å². The summed E-state index contributed by atoms with van der Waals surface area (Å²) in [4.78, 5) is 11.9. The minimum atomic E-state index is -0.746. The highest BCUT2D eigenvalue weighted by Crippen LogP contribution is 2.20. The first kappa shape index (κ1) is 17.0. The van der Waals surface area contributed by atoms with Crippen molar-refractivity contribution in [2.75, 3.05) is 11.1 Å². The Kier molecular flexibility index (Phi) is 4.98. The van der Waals surface area contributed by atoms with Crippen molar-refractivity contribution in [2.24, 2.45) is 0 Å². The van der Waals surface area contributed by atoms with Crippen molar-refractivity contribution < 1.29 is 18.0 Å². The van der Waals surface area contributed by atoms with Gasteiger partial charge in [-0.15, -0.1) is 5.10 Å². The van der Waals surface area contributed by atoms with Crippen molar-refractivity contribution >= 4 is 23.4 Å². The number of carbonyl (C=O) groups excluding carboxylic acids is 1. The monoisotopic (exact) mass is 365 g/mol. The second-order valence-electron chi connectivity index (χ2n) is 4.81. The molecule has 3 aromatic rings. The second-order valence-corrected chi connectivity index (χ2v) is 5.76. The predicted octanol–water partition coefficient (Wildman–Crippen LogP) is 2.81. The van der Waals surface area contributed by atoms with E-state index in [1.807, 2.05) is 0 Å². The van der Waals surface area contributed by atoms with Crippen molar-refractivity contribution in [3.63, 3.8) is 0 Å². The van der Waals surface area contributed by atoms with Gasteiger partial charge in [-0.25, -0.2) is 13.2 Å². The molecule has 0 saturated heterocycles. The molecule has 0 fully saturated rings. The van der Waals surface area contributed by atoms with Gasteiger partial charge in [-0.3, -0.25) is 4.79 Å². The predicted molar refractivity (Wildman–Crippen MR) is 84.8 cm³/mol. The Morgan fingerprint density at radius 2 is 1.92 bits per heavy atom. The molecular weight excluding hydrogens is 355 g/mol. The van der Waals surface area contributed by atoms with Crippen LogP contribution >= 0.6 is 11.8 Å². The number of carbonyl (C=O) groups is 1. The molecule has 0 aliphatic rings. The molecule has 6 nitrogen and oxygen atoms in total. The quantitative estimate of drug-likeness (QED) is 0.704. The number of nitrogens with one attached hydrogen (secondary N) is 1. The highest BCUT2D eigenvalue weighted by atomic mass is 32.2. The normalized spacial score (nSPS) is 10.7. The lowest BCUT2D eigenvalue weighted by atomic mass is 10.3. The van der Waals surface area contributed by atoms with Crippen LogP contribution in [0.5, 0.6) is 0 Å². The number of anilines is 1. The number of rotatable bonds is 5. The Hall–Kier alpha value is -2.88. The van der Waals surface area contributed by atoms with E-state index in [2.05, 4.69) is 20.8 Å². The largest absolute Gasteiger partial charge is 0.323 e. The number of benzene rings is 2. The van der Waals surface area contributed by atoms with Gasteiger partial charge in [0.15, 0.2) is 0 Å². The SMILES string of the molecule is O=C(CSc1nnnn1-c1cccc(F)c1)Nc1cc(F)ccc1F. The third kappa shape index (κ3) is 4.15. The molecule has 0 aliphatic carbocycles. The smallest absolute Gasteiger partial charge is 0.234 e. The topological polar surface area (TPSA) is 72.7 Å². The van der Waals surface area contributed by atoms with Crippen molar-refractivity contribution in [2.45, 2.75) is 5.16 Å². The minimum Gasteiger partial charge on any atom is -0.323 e. The number of hydrogen-bond donors (Lipinski definition) is 1. The summed E-state index contributed by atoms with van der Waals surface area (Å²) in [5.74, 6) is -2.58. The molecule has 1 amide bonds. The van der Waals surface area contributed by atoms with Crippen LogP contribution in [0.1, 0.15) is 0 Å². The van der Waals surface area contributed by atoms with Crippen LogP contribution in [-0.2, 0) is 4.79 Å². The highest BCUT2D eigenvalue weighted by Gasteiger charge is 2.13. The van der Waals surface area contributed by atoms with Crippen LogP contribution in [0.3, 0.4) is 0 Å². The van der Waals surface area contributed by atoms with Gasteiger partial charge in [0.1, 0.15) is 17.5 Å². The maximum atomic E-state index is 13.5. The fraction of sp³-hybridized carbons (Fsp3) is 0.0667. The first-order chi connectivity index (χ1) is 12.0. The van der Waals surface area contributed by atoms with Crippen LogP contribution in [0, 0.1) is 17.5 Å². The molecular formula is C15H10F3N5OS. The van der Waals surface area contributed by atoms with Crippen molar-refractivity contribution in [1.29, 1.82) is 0 Å². The molecule has 1 N–H and O–H groups in total. The van der Waals surface area contributed by atoms with Crippen LogP contribution in [0.4, 0.5) is 18.9 Å². The maximum Gasteiger partial charge on any atom is 0.234 e. The zero-order valence-corrected chi connectivity index (χ0v) is 13.3. The number of nitrogens with zero attached hydrogens (tertiary/aromatic N) is 4. The summed E-state index contributed by atoms with van der Waals surface area (Å²) in [6, 6.07) is 8.38. The third-order valence-electron chi connectivity index (χ3n) is 3.03. The van der Waals surface area contributed by atoms with Crippen molar-refractivity contribution in [3.05, 3.63) is 59.9 Å². The van der Waals surface area contributed by atoms with Crippen LogP contribution in [0.25, 0.3) is 5.69 Å². The number of hydrogen-bond acceptors (Lipinski definition) is 5. The Bertz CT molecular complexity index is 918. The number of amides is 1. The van der Waals surface area contributed by atoms with Crippen molar-refractivity contribution in [3.8, 4) is 5.69 Å². The van der Waals surface area contributed by atoms with Crippen LogP contribution < -0.4 is 5.32 Å². The summed E-state index contributed by atoms with van der Waals surface area (Å²) in [7, 11) is 0. The molecule has 0 atom stereocenters. The average molecular weight is 365 g/mol. The van der Waals surface area contributed by atoms with Gasteiger partial charge in [0.05, 0.1) is 17.1 Å². The lowest BCUT2D eigenvalue weighted by Crippen LogP contribution is -2.15. The van der Waals surface area contributed by atoms with Gasteiger partial charge in [0.2, 0.25) is 11.1 Å². The van der Waals surface area contributed by atoms with E-state index in [-0.39, 0.29) is 16.6 Å². The Balaban J connectivity index is 1.67. The van der Waals surface area contributed by atoms with Crippen LogP contribution in [0.15, 0.2) is 47.6 Å². The van der Waals surface area contributed by atoms with E-state index in [1.54, 1.807) is 6.07 Å². The molecule has 1 aromatic heterocycles.